The Labute approximate surface area is 132 Å². The lowest BCUT2D eigenvalue weighted by Crippen LogP contribution is -2.13. The van der Waals surface area contributed by atoms with Gasteiger partial charge in [-0.25, -0.2) is 8.42 Å². The monoisotopic (exact) mass is 370 g/mol. The molecule has 0 saturated carbocycles. The number of anilines is 2. The van der Waals surface area contributed by atoms with E-state index in [-0.39, 0.29) is 10.6 Å². The van der Waals surface area contributed by atoms with Gasteiger partial charge in [0.1, 0.15) is 5.75 Å². The van der Waals surface area contributed by atoms with E-state index in [2.05, 4.69) is 20.7 Å². The van der Waals surface area contributed by atoms with Crippen LogP contribution in [-0.4, -0.2) is 15.5 Å². The third-order valence-electron chi connectivity index (χ3n) is 2.88. The van der Waals surface area contributed by atoms with Crippen LogP contribution in [0.25, 0.3) is 0 Å². The van der Waals surface area contributed by atoms with Crippen LogP contribution in [0.2, 0.25) is 0 Å². The Morgan fingerprint density at radius 1 is 1.19 bits per heavy atom. The highest BCUT2D eigenvalue weighted by atomic mass is 79.9. The number of hydrogen-bond acceptors (Lipinski definition) is 4. The molecule has 3 N–H and O–H groups in total. The number of rotatable bonds is 4. The van der Waals surface area contributed by atoms with E-state index in [1.54, 1.807) is 6.07 Å². The molecule has 0 radical (unpaired) electrons. The molecule has 0 aromatic heterocycles. The number of benzene rings is 2. The first kappa shape index (κ1) is 15.7. The summed E-state index contributed by atoms with van der Waals surface area (Å²) in [6.07, 6.45) is 0. The molecular formula is C14H15BrN2O3S. The van der Waals surface area contributed by atoms with E-state index in [1.165, 1.54) is 25.3 Å². The summed E-state index contributed by atoms with van der Waals surface area (Å²) in [7, 11) is -2.24. The first-order valence-corrected chi connectivity index (χ1v) is 8.33. The molecule has 0 fully saturated rings. The van der Waals surface area contributed by atoms with Crippen molar-refractivity contribution in [3.05, 3.63) is 46.4 Å². The highest BCUT2D eigenvalue weighted by Gasteiger charge is 2.17. The number of nitrogens with two attached hydrogens (primary N) is 1. The SMILES string of the molecule is COc1ccc(S(=O)(=O)Nc2ccc(C)cc2Br)cc1N. The van der Waals surface area contributed by atoms with E-state index >= 15 is 0 Å². The Morgan fingerprint density at radius 2 is 1.90 bits per heavy atom. The normalized spacial score (nSPS) is 11.2. The summed E-state index contributed by atoms with van der Waals surface area (Å²) in [4.78, 5) is 0.0771. The Balaban J connectivity index is 2.36. The van der Waals surface area contributed by atoms with Crippen LogP contribution in [-0.2, 0) is 10.0 Å². The summed E-state index contributed by atoms with van der Waals surface area (Å²) in [6, 6.07) is 9.69. The molecule has 0 aliphatic heterocycles. The van der Waals surface area contributed by atoms with Gasteiger partial charge >= 0.3 is 0 Å². The first-order chi connectivity index (χ1) is 9.83. The van der Waals surface area contributed by atoms with Crippen molar-refractivity contribution in [3.8, 4) is 5.75 Å². The maximum absolute atomic E-state index is 12.4. The molecule has 0 bridgehead atoms. The molecule has 2 rings (SSSR count). The molecule has 112 valence electrons. The van der Waals surface area contributed by atoms with Crippen LogP contribution in [0.3, 0.4) is 0 Å². The number of methoxy groups -OCH3 is 1. The number of nitrogens with one attached hydrogen (secondary N) is 1. The molecule has 0 heterocycles. The number of sulfonamides is 1. The molecule has 0 amide bonds. The van der Waals surface area contributed by atoms with E-state index in [0.29, 0.717) is 15.9 Å². The third kappa shape index (κ3) is 3.48. The minimum Gasteiger partial charge on any atom is -0.495 e. The molecule has 21 heavy (non-hydrogen) atoms. The molecule has 5 nitrogen and oxygen atoms in total. The summed E-state index contributed by atoms with van der Waals surface area (Å²) in [5, 5.41) is 0. The smallest absolute Gasteiger partial charge is 0.262 e. The zero-order valence-corrected chi connectivity index (χ0v) is 14.0. The molecule has 0 aliphatic rings. The first-order valence-electron chi connectivity index (χ1n) is 6.06. The molecule has 0 atom stereocenters. The topological polar surface area (TPSA) is 81.4 Å². The maximum Gasteiger partial charge on any atom is 0.262 e. The largest absolute Gasteiger partial charge is 0.495 e. The maximum atomic E-state index is 12.4. The van der Waals surface area contributed by atoms with E-state index < -0.39 is 10.0 Å². The molecule has 0 aliphatic carbocycles. The van der Waals surface area contributed by atoms with Crippen LogP contribution in [0.5, 0.6) is 5.75 Å². The van der Waals surface area contributed by atoms with Gasteiger partial charge in [0, 0.05) is 4.47 Å². The zero-order chi connectivity index (χ0) is 15.6. The number of hydrogen-bond donors (Lipinski definition) is 2. The van der Waals surface area contributed by atoms with Crippen LogP contribution < -0.4 is 15.2 Å². The minimum atomic E-state index is -3.71. The molecule has 0 unspecified atom stereocenters. The van der Waals surface area contributed by atoms with Gasteiger partial charge in [0.15, 0.2) is 0 Å². The van der Waals surface area contributed by atoms with Crippen molar-refractivity contribution in [1.29, 1.82) is 0 Å². The summed E-state index contributed by atoms with van der Waals surface area (Å²) < 4.78 is 32.9. The van der Waals surface area contributed by atoms with Gasteiger partial charge in [0.2, 0.25) is 0 Å². The van der Waals surface area contributed by atoms with E-state index in [4.69, 9.17) is 10.5 Å². The summed E-state index contributed by atoms with van der Waals surface area (Å²) >= 11 is 3.34. The van der Waals surface area contributed by atoms with Crippen LogP contribution >= 0.6 is 15.9 Å². The number of halogens is 1. The van der Waals surface area contributed by atoms with Crippen molar-refractivity contribution >= 4 is 37.3 Å². The van der Waals surface area contributed by atoms with Gasteiger partial charge in [-0.15, -0.1) is 0 Å². The number of aryl methyl sites for hydroxylation is 1. The molecule has 7 heteroatoms. The van der Waals surface area contributed by atoms with Crippen molar-refractivity contribution in [1.82, 2.24) is 0 Å². The highest BCUT2D eigenvalue weighted by Crippen LogP contribution is 2.28. The van der Waals surface area contributed by atoms with Crippen molar-refractivity contribution in [2.45, 2.75) is 11.8 Å². The van der Waals surface area contributed by atoms with Crippen LogP contribution in [0.4, 0.5) is 11.4 Å². The third-order valence-corrected chi connectivity index (χ3v) is 4.90. The Kier molecular flexibility index (Phi) is 4.43. The predicted octanol–water partition coefficient (Wildman–Crippen LogP) is 3.15. The van der Waals surface area contributed by atoms with Gasteiger partial charge in [-0.3, -0.25) is 4.72 Å². The highest BCUT2D eigenvalue weighted by molar-refractivity contribution is 9.10. The lowest BCUT2D eigenvalue weighted by molar-refractivity contribution is 0.416. The molecule has 0 saturated heterocycles. The Hall–Kier alpha value is -1.73. The standard InChI is InChI=1S/C14H15BrN2O3S/c1-9-3-5-13(11(15)7-9)17-21(18,19)10-4-6-14(20-2)12(16)8-10/h3-8,17H,16H2,1-2H3. The summed E-state index contributed by atoms with van der Waals surface area (Å²) in [5.74, 6) is 0.436. The van der Waals surface area contributed by atoms with Crippen molar-refractivity contribution in [2.24, 2.45) is 0 Å². The fourth-order valence-corrected chi connectivity index (χ4v) is 3.62. The predicted molar refractivity (Wildman–Crippen MR) is 87.1 cm³/mol. The van der Waals surface area contributed by atoms with Gasteiger partial charge in [-0.05, 0) is 58.7 Å². The van der Waals surface area contributed by atoms with Gasteiger partial charge < -0.3 is 10.5 Å². The Bertz CT molecular complexity index is 776. The molecular weight excluding hydrogens is 356 g/mol. The minimum absolute atomic E-state index is 0.0771. The number of nitrogen functional groups attached to an aromatic ring is 1. The second kappa shape index (κ2) is 5.95. The molecule has 2 aromatic carbocycles. The second-order valence-electron chi connectivity index (χ2n) is 4.49. The average molecular weight is 371 g/mol. The molecule has 2 aromatic rings. The quantitative estimate of drug-likeness (QED) is 0.809. The summed E-state index contributed by atoms with van der Waals surface area (Å²) in [5.41, 5.74) is 7.51. The van der Waals surface area contributed by atoms with Crippen molar-refractivity contribution < 1.29 is 13.2 Å². The van der Waals surface area contributed by atoms with E-state index in [9.17, 15) is 8.42 Å². The van der Waals surface area contributed by atoms with Crippen LogP contribution in [0.1, 0.15) is 5.56 Å². The zero-order valence-electron chi connectivity index (χ0n) is 11.6. The van der Waals surface area contributed by atoms with Gasteiger partial charge in [-0.2, -0.15) is 0 Å². The molecule has 0 spiro atoms. The van der Waals surface area contributed by atoms with Gasteiger partial charge in [0.25, 0.3) is 10.0 Å². The van der Waals surface area contributed by atoms with Crippen molar-refractivity contribution in [3.63, 3.8) is 0 Å². The Morgan fingerprint density at radius 3 is 2.48 bits per heavy atom. The van der Waals surface area contributed by atoms with Crippen LogP contribution in [0, 0.1) is 6.92 Å². The van der Waals surface area contributed by atoms with E-state index in [1.807, 2.05) is 19.1 Å². The van der Waals surface area contributed by atoms with Crippen molar-refractivity contribution in [2.75, 3.05) is 17.6 Å². The fraction of sp³-hybridized carbons (Fsp3) is 0.143. The van der Waals surface area contributed by atoms with Gasteiger partial charge in [-0.1, -0.05) is 6.07 Å². The fourth-order valence-electron chi connectivity index (χ4n) is 1.79. The number of ether oxygens (including phenoxy) is 1. The van der Waals surface area contributed by atoms with Gasteiger partial charge in [0.05, 0.1) is 23.4 Å². The van der Waals surface area contributed by atoms with E-state index in [0.717, 1.165) is 5.56 Å². The second-order valence-corrected chi connectivity index (χ2v) is 7.03. The lowest BCUT2D eigenvalue weighted by atomic mass is 10.2. The summed E-state index contributed by atoms with van der Waals surface area (Å²) in [6.45, 7) is 1.92. The van der Waals surface area contributed by atoms with Crippen LogP contribution in [0.15, 0.2) is 45.8 Å². The average Bonchev–Trinajstić information content (AvgIpc) is 2.42. The lowest BCUT2D eigenvalue weighted by Gasteiger charge is -2.12.